The predicted octanol–water partition coefficient (Wildman–Crippen LogP) is 7.39. The fourth-order valence-corrected chi connectivity index (χ4v) is 8.18. The molecule has 3 heterocycles. The lowest BCUT2D eigenvalue weighted by Crippen LogP contribution is -2.63. The van der Waals surface area contributed by atoms with E-state index in [1.54, 1.807) is 68.2 Å². The van der Waals surface area contributed by atoms with Crippen LogP contribution in [0.25, 0.3) is 5.57 Å². The van der Waals surface area contributed by atoms with Crippen molar-refractivity contribution in [3.8, 4) is 0 Å². The Morgan fingerprint density at radius 1 is 1.00 bits per heavy atom. The van der Waals surface area contributed by atoms with Crippen molar-refractivity contribution >= 4 is 23.4 Å². The van der Waals surface area contributed by atoms with Crippen LogP contribution in [-0.2, 0) is 27.4 Å². The van der Waals surface area contributed by atoms with E-state index in [-0.39, 0.29) is 72.8 Å². The SMILES string of the molecule is CC(C)(C)OC(=O)c1c(COCC2CN(C(=O)c3cnn(Cc4ccc(F)cc4)c3)CC23CN(C(=O)[C@H]2CC2(C)C)C3)cccc1C1=CCC(F)(F)CC1. The molecule has 1 saturated carbocycles. The monoisotopic (exact) mass is 746 g/mol. The molecule has 9 nitrogen and oxygen atoms in total. The van der Waals surface area contributed by atoms with Crippen molar-refractivity contribution in [3.05, 3.63) is 94.6 Å². The average molecular weight is 747 g/mol. The van der Waals surface area contributed by atoms with E-state index in [0.717, 1.165) is 12.0 Å². The molecule has 2 saturated heterocycles. The maximum Gasteiger partial charge on any atom is 0.339 e. The van der Waals surface area contributed by atoms with Crippen molar-refractivity contribution in [1.29, 1.82) is 0 Å². The Bertz CT molecular complexity index is 1960. The first-order valence-electron chi connectivity index (χ1n) is 18.8. The summed E-state index contributed by atoms with van der Waals surface area (Å²) in [5.41, 5.74) is 2.33. The van der Waals surface area contributed by atoms with Crippen molar-refractivity contribution in [2.75, 3.05) is 32.8 Å². The highest BCUT2D eigenvalue weighted by atomic mass is 19.3. The van der Waals surface area contributed by atoms with Crippen LogP contribution in [0.15, 0.2) is 60.9 Å². The van der Waals surface area contributed by atoms with Gasteiger partial charge in [0, 0.05) is 62.5 Å². The minimum Gasteiger partial charge on any atom is -0.456 e. The number of halogens is 3. The number of allylic oxidation sites excluding steroid dienone is 2. The molecule has 4 aliphatic rings. The van der Waals surface area contributed by atoms with E-state index in [9.17, 15) is 27.6 Å². The third kappa shape index (κ3) is 7.99. The molecule has 3 aromatic rings. The number of hydrogen-bond donors (Lipinski definition) is 0. The summed E-state index contributed by atoms with van der Waals surface area (Å²) in [7, 11) is 0. The van der Waals surface area contributed by atoms with Gasteiger partial charge in [-0.3, -0.25) is 14.3 Å². The molecular formula is C42H49F3N4O5. The molecular weight excluding hydrogens is 697 g/mol. The van der Waals surface area contributed by atoms with Crippen LogP contribution in [0.2, 0.25) is 0 Å². The van der Waals surface area contributed by atoms with E-state index in [4.69, 9.17) is 9.47 Å². The molecule has 54 heavy (non-hydrogen) atoms. The highest BCUT2D eigenvalue weighted by Gasteiger charge is 2.60. The lowest BCUT2D eigenvalue weighted by Gasteiger charge is -2.51. The first-order chi connectivity index (χ1) is 25.4. The second-order valence-electron chi connectivity index (χ2n) is 17.4. The van der Waals surface area contributed by atoms with Gasteiger partial charge in [-0.2, -0.15) is 5.10 Å². The smallest absolute Gasteiger partial charge is 0.339 e. The lowest BCUT2D eigenvalue weighted by atomic mass is 9.71. The van der Waals surface area contributed by atoms with E-state index in [2.05, 4.69) is 18.9 Å². The topological polar surface area (TPSA) is 94.0 Å². The quantitative estimate of drug-likeness (QED) is 0.201. The molecule has 0 bridgehead atoms. The van der Waals surface area contributed by atoms with Crippen LogP contribution in [-0.4, -0.2) is 81.7 Å². The summed E-state index contributed by atoms with van der Waals surface area (Å²) in [4.78, 5) is 44.6. The van der Waals surface area contributed by atoms with Crippen LogP contribution >= 0.6 is 0 Å². The van der Waals surface area contributed by atoms with Gasteiger partial charge in [0.15, 0.2) is 0 Å². The van der Waals surface area contributed by atoms with E-state index in [1.807, 2.05) is 9.80 Å². The normalized spacial score (nSPS) is 22.5. The molecule has 0 radical (unpaired) electrons. The third-order valence-electron chi connectivity index (χ3n) is 11.5. The highest BCUT2D eigenvalue weighted by molar-refractivity contribution is 5.97. The van der Waals surface area contributed by atoms with Crippen molar-refractivity contribution in [1.82, 2.24) is 19.6 Å². The summed E-state index contributed by atoms with van der Waals surface area (Å²) in [5.74, 6) is -3.72. The van der Waals surface area contributed by atoms with Crippen LogP contribution < -0.4 is 0 Å². The Morgan fingerprint density at radius 3 is 2.35 bits per heavy atom. The zero-order chi connectivity index (χ0) is 38.6. The Morgan fingerprint density at radius 2 is 1.70 bits per heavy atom. The van der Waals surface area contributed by atoms with Crippen molar-refractivity contribution in [2.45, 2.75) is 85.0 Å². The standard InChI is InChI=1S/C42H49F3N4O5/c1-39(2,3)54-38(52)35-29(7-6-8-33(35)28-13-15-42(44,45)16-14-28)22-53-23-31-21-47(24-41(31)25-48(26-41)37(51)34-17-40(34,4)5)36(50)30-18-46-49(20-30)19-27-9-11-32(43)12-10-27/h6-13,18,20,31,34H,14-17,19,21-26H2,1-5H3/t31?,34-/m1/s1. The Hall–Kier alpha value is -4.45. The number of likely N-dealkylation sites (tertiary alicyclic amines) is 2. The van der Waals surface area contributed by atoms with E-state index in [0.29, 0.717) is 60.6 Å². The Kier molecular flexibility index (Phi) is 9.81. The van der Waals surface area contributed by atoms with E-state index in [1.165, 1.54) is 18.2 Å². The summed E-state index contributed by atoms with van der Waals surface area (Å²) >= 11 is 0. The number of rotatable bonds is 10. The number of nitrogens with zero attached hydrogens (tertiary/aromatic N) is 4. The zero-order valence-corrected chi connectivity index (χ0v) is 31.7. The van der Waals surface area contributed by atoms with Crippen molar-refractivity contribution in [3.63, 3.8) is 0 Å². The molecule has 2 atom stereocenters. The van der Waals surface area contributed by atoms with Gasteiger partial charge in [-0.15, -0.1) is 0 Å². The first kappa shape index (κ1) is 37.8. The van der Waals surface area contributed by atoms with Gasteiger partial charge in [0.1, 0.15) is 11.4 Å². The molecule has 1 unspecified atom stereocenters. The van der Waals surface area contributed by atoms with Crippen LogP contribution in [0.4, 0.5) is 13.2 Å². The van der Waals surface area contributed by atoms with Gasteiger partial charge < -0.3 is 19.3 Å². The van der Waals surface area contributed by atoms with Gasteiger partial charge in [-0.1, -0.05) is 50.3 Å². The number of esters is 1. The number of aromatic nitrogens is 2. The van der Waals surface area contributed by atoms with Gasteiger partial charge in [0.25, 0.3) is 11.8 Å². The molecule has 1 spiro atoms. The summed E-state index contributed by atoms with van der Waals surface area (Å²) in [6, 6.07) is 11.5. The maximum atomic E-state index is 14.1. The van der Waals surface area contributed by atoms with Crippen LogP contribution in [0.5, 0.6) is 0 Å². The van der Waals surface area contributed by atoms with Crippen molar-refractivity contribution in [2.24, 2.45) is 22.7 Å². The Labute approximate surface area is 314 Å². The molecule has 2 aliphatic carbocycles. The van der Waals surface area contributed by atoms with E-state index < -0.39 is 17.5 Å². The second kappa shape index (κ2) is 14.0. The highest BCUT2D eigenvalue weighted by Crippen LogP contribution is 2.54. The largest absolute Gasteiger partial charge is 0.456 e. The fraction of sp³-hybridized carbons (Fsp3) is 0.524. The average Bonchev–Trinajstić information content (AvgIpc) is 3.37. The second-order valence-corrected chi connectivity index (χ2v) is 17.4. The zero-order valence-electron chi connectivity index (χ0n) is 31.7. The molecule has 2 aliphatic heterocycles. The molecule has 2 aromatic carbocycles. The van der Waals surface area contributed by atoms with Crippen LogP contribution in [0.3, 0.4) is 0 Å². The maximum absolute atomic E-state index is 14.1. The number of alkyl halides is 2. The molecule has 0 N–H and O–H groups in total. The summed E-state index contributed by atoms with van der Waals surface area (Å²) in [5, 5.41) is 4.39. The van der Waals surface area contributed by atoms with Gasteiger partial charge in [-0.25, -0.2) is 18.0 Å². The van der Waals surface area contributed by atoms with Gasteiger partial charge in [-0.05, 0) is 73.4 Å². The summed E-state index contributed by atoms with van der Waals surface area (Å²) in [6.45, 7) is 12.2. The fourth-order valence-electron chi connectivity index (χ4n) is 8.18. The predicted molar refractivity (Wildman–Crippen MR) is 196 cm³/mol. The minimum atomic E-state index is -2.77. The van der Waals surface area contributed by atoms with E-state index >= 15 is 0 Å². The summed E-state index contributed by atoms with van der Waals surface area (Å²) in [6.07, 6.45) is 5.09. The van der Waals surface area contributed by atoms with Gasteiger partial charge in [0.05, 0.1) is 37.1 Å². The molecule has 12 heteroatoms. The van der Waals surface area contributed by atoms with Gasteiger partial charge in [0.2, 0.25) is 5.91 Å². The van der Waals surface area contributed by atoms with Gasteiger partial charge >= 0.3 is 5.97 Å². The molecule has 3 fully saturated rings. The van der Waals surface area contributed by atoms with Crippen LogP contribution in [0, 0.1) is 28.5 Å². The molecule has 1 aromatic heterocycles. The number of ether oxygens (including phenoxy) is 2. The number of carbonyl (C=O) groups is 3. The minimum absolute atomic E-state index is 0.00300. The summed E-state index contributed by atoms with van der Waals surface area (Å²) < 4.78 is 55.4. The third-order valence-corrected chi connectivity index (χ3v) is 11.5. The van der Waals surface area contributed by atoms with Crippen molar-refractivity contribution < 1.29 is 37.0 Å². The molecule has 7 rings (SSSR count). The number of carbonyl (C=O) groups excluding carboxylic acids is 3. The molecule has 2 amide bonds. The number of hydrogen-bond acceptors (Lipinski definition) is 6. The Balaban J connectivity index is 1.08. The lowest BCUT2D eigenvalue weighted by molar-refractivity contribution is -0.148. The number of benzene rings is 2. The van der Waals surface area contributed by atoms with Crippen LogP contribution in [0.1, 0.15) is 97.7 Å². The molecule has 288 valence electrons. The first-order valence-corrected chi connectivity index (χ1v) is 18.8. The number of amides is 2.